The van der Waals surface area contributed by atoms with Crippen LogP contribution in [0.1, 0.15) is 45.2 Å². The van der Waals surface area contributed by atoms with Crippen LogP contribution in [0.15, 0.2) is 42.5 Å². The molecule has 5 nitrogen and oxygen atoms in total. The lowest BCUT2D eigenvalue weighted by Gasteiger charge is -2.27. The minimum absolute atomic E-state index is 0.0895. The van der Waals surface area contributed by atoms with Crippen LogP contribution in [0.25, 0.3) is 0 Å². The van der Waals surface area contributed by atoms with E-state index in [0.717, 1.165) is 17.5 Å². The van der Waals surface area contributed by atoms with Gasteiger partial charge < -0.3 is 15.2 Å². The fourth-order valence-electron chi connectivity index (χ4n) is 3.33. The highest BCUT2D eigenvalue weighted by molar-refractivity contribution is 6.00. The van der Waals surface area contributed by atoms with Gasteiger partial charge in [0, 0.05) is 12.6 Å². The molecule has 5 heteroatoms. The van der Waals surface area contributed by atoms with Gasteiger partial charge in [-0.05, 0) is 24.1 Å². The van der Waals surface area contributed by atoms with Crippen LogP contribution in [-0.2, 0) is 5.41 Å². The Kier molecular flexibility index (Phi) is 4.01. The number of amides is 1. The third-order valence-corrected chi connectivity index (χ3v) is 4.72. The molecule has 0 radical (unpaired) electrons. The number of hydrogen-bond donors (Lipinski definition) is 2. The second-order valence-electron chi connectivity index (χ2n) is 5.88. The highest BCUT2D eigenvalue weighted by atomic mass is 16.5. The van der Waals surface area contributed by atoms with Gasteiger partial charge in [0.05, 0.1) is 16.5 Å². The van der Waals surface area contributed by atoms with Gasteiger partial charge in [-0.1, -0.05) is 37.3 Å². The molecule has 0 unspecified atom stereocenters. The first-order valence-electron chi connectivity index (χ1n) is 7.85. The Labute approximate surface area is 140 Å². The Morgan fingerprint density at radius 3 is 2.54 bits per heavy atom. The molecule has 0 aromatic heterocycles. The van der Waals surface area contributed by atoms with Crippen molar-refractivity contribution in [2.24, 2.45) is 0 Å². The van der Waals surface area contributed by atoms with Crippen molar-refractivity contribution in [3.8, 4) is 5.75 Å². The third-order valence-electron chi connectivity index (χ3n) is 4.72. The van der Waals surface area contributed by atoms with Gasteiger partial charge in [0.2, 0.25) is 0 Å². The van der Waals surface area contributed by atoms with Crippen molar-refractivity contribution in [3.05, 3.63) is 64.7 Å². The lowest BCUT2D eigenvalue weighted by molar-refractivity contribution is 0.0696. The van der Waals surface area contributed by atoms with Crippen LogP contribution in [0.4, 0.5) is 0 Å². The van der Waals surface area contributed by atoms with Gasteiger partial charge in [-0.15, -0.1) is 0 Å². The van der Waals surface area contributed by atoms with Gasteiger partial charge in [-0.2, -0.15) is 0 Å². The number of fused-ring (bicyclic) bond motifs is 1. The summed E-state index contributed by atoms with van der Waals surface area (Å²) in [5.41, 5.74) is 1.71. The zero-order valence-corrected chi connectivity index (χ0v) is 13.6. The van der Waals surface area contributed by atoms with Crippen molar-refractivity contribution >= 4 is 11.9 Å². The van der Waals surface area contributed by atoms with Crippen molar-refractivity contribution in [3.63, 3.8) is 0 Å². The summed E-state index contributed by atoms with van der Waals surface area (Å²) >= 11 is 0. The molecule has 0 saturated heterocycles. The zero-order valence-electron chi connectivity index (χ0n) is 13.6. The van der Waals surface area contributed by atoms with Gasteiger partial charge in [-0.3, -0.25) is 4.79 Å². The molecular weight excluding hydrogens is 306 g/mol. The summed E-state index contributed by atoms with van der Waals surface area (Å²) < 4.78 is 5.89. The molecule has 0 saturated carbocycles. The van der Waals surface area contributed by atoms with Crippen LogP contribution in [0, 0.1) is 0 Å². The van der Waals surface area contributed by atoms with Crippen molar-refractivity contribution in [1.82, 2.24) is 5.32 Å². The maximum absolute atomic E-state index is 12.2. The van der Waals surface area contributed by atoms with E-state index in [4.69, 9.17) is 4.74 Å². The summed E-state index contributed by atoms with van der Waals surface area (Å²) in [5.74, 6) is -0.938. The highest BCUT2D eigenvalue weighted by Gasteiger charge is 2.43. The predicted octanol–water partition coefficient (Wildman–Crippen LogP) is 2.83. The second-order valence-corrected chi connectivity index (χ2v) is 5.88. The maximum atomic E-state index is 12.2. The van der Waals surface area contributed by atoms with Gasteiger partial charge in [0.1, 0.15) is 12.4 Å². The van der Waals surface area contributed by atoms with Crippen LogP contribution in [0.2, 0.25) is 0 Å². The first kappa shape index (κ1) is 16.1. The van der Waals surface area contributed by atoms with Gasteiger partial charge in [0.25, 0.3) is 5.91 Å². The molecule has 3 rings (SSSR count). The number of carbonyl (C=O) groups excluding carboxylic acids is 1. The highest BCUT2D eigenvalue weighted by Crippen LogP contribution is 2.47. The second kappa shape index (κ2) is 6.00. The molecule has 0 spiro atoms. The van der Waals surface area contributed by atoms with Crippen LogP contribution >= 0.6 is 0 Å². The Morgan fingerprint density at radius 1 is 1.25 bits per heavy atom. The molecule has 1 amide bonds. The summed E-state index contributed by atoms with van der Waals surface area (Å²) in [6.07, 6.45) is 0.736. The summed E-state index contributed by atoms with van der Waals surface area (Å²) in [6.45, 7) is 2.42. The summed E-state index contributed by atoms with van der Waals surface area (Å²) in [6, 6.07) is 12.9. The molecule has 0 fully saturated rings. The SMILES string of the molecule is CC[C@]1(c2ccccc2)COc2c(C(=O)NC)cc(C(=O)O)cc21. The largest absolute Gasteiger partial charge is 0.491 e. The number of rotatable bonds is 4. The number of carboxylic acid groups (broad SMARTS) is 1. The topological polar surface area (TPSA) is 75.6 Å². The molecule has 24 heavy (non-hydrogen) atoms. The zero-order chi connectivity index (χ0) is 17.3. The lowest BCUT2D eigenvalue weighted by Crippen LogP contribution is -2.28. The minimum Gasteiger partial charge on any atom is -0.491 e. The van der Waals surface area contributed by atoms with Crippen molar-refractivity contribution < 1.29 is 19.4 Å². The Bertz CT molecular complexity index is 801. The molecular formula is C19H19NO4. The quantitative estimate of drug-likeness (QED) is 0.906. The number of hydrogen-bond acceptors (Lipinski definition) is 3. The summed E-state index contributed by atoms with van der Waals surface area (Å²) in [7, 11) is 1.52. The normalized spacial score (nSPS) is 18.6. The van der Waals surface area contributed by atoms with E-state index in [2.05, 4.69) is 5.32 Å². The first-order chi connectivity index (χ1) is 11.5. The van der Waals surface area contributed by atoms with Crippen molar-refractivity contribution in [2.45, 2.75) is 18.8 Å². The Hall–Kier alpha value is -2.82. The standard InChI is InChI=1S/C19H19NO4/c1-3-19(13-7-5-4-6-8-13)11-24-16-14(17(21)20-2)9-12(18(22)23)10-15(16)19/h4-10H,3,11H2,1-2H3,(H,20,21)(H,22,23)/t19-/m1/s1. The van der Waals surface area contributed by atoms with E-state index >= 15 is 0 Å². The Morgan fingerprint density at radius 2 is 1.96 bits per heavy atom. The fourth-order valence-corrected chi connectivity index (χ4v) is 3.33. The van der Waals surface area contributed by atoms with Crippen molar-refractivity contribution in [2.75, 3.05) is 13.7 Å². The van der Waals surface area contributed by atoms with Gasteiger partial charge >= 0.3 is 5.97 Å². The van der Waals surface area contributed by atoms with E-state index in [1.54, 1.807) is 6.07 Å². The first-order valence-corrected chi connectivity index (χ1v) is 7.85. The molecule has 1 atom stereocenters. The predicted molar refractivity (Wildman–Crippen MR) is 89.8 cm³/mol. The van der Waals surface area contributed by atoms with E-state index in [1.807, 2.05) is 37.3 Å². The molecule has 1 heterocycles. The molecule has 2 N–H and O–H groups in total. The minimum atomic E-state index is -1.06. The molecule has 0 bridgehead atoms. The number of ether oxygens (including phenoxy) is 1. The van der Waals surface area contributed by atoms with Gasteiger partial charge in [0.15, 0.2) is 0 Å². The average molecular weight is 325 g/mol. The molecule has 0 aliphatic carbocycles. The van der Waals surface area contributed by atoms with Crippen LogP contribution < -0.4 is 10.1 Å². The van der Waals surface area contributed by atoms with E-state index in [-0.39, 0.29) is 17.0 Å². The molecule has 2 aromatic carbocycles. The number of aromatic carboxylic acids is 1. The van der Waals surface area contributed by atoms with Gasteiger partial charge in [-0.25, -0.2) is 4.79 Å². The van der Waals surface area contributed by atoms with E-state index < -0.39 is 11.4 Å². The summed E-state index contributed by atoms with van der Waals surface area (Å²) in [5, 5.41) is 12.0. The molecule has 1 aliphatic rings. The molecule has 1 aliphatic heterocycles. The van der Waals surface area contributed by atoms with E-state index in [1.165, 1.54) is 13.1 Å². The monoisotopic (exact) mass is 325 g/mol. The van der Waals surface area contributed by atoms with Crippen molar-refractivity contribution in [1.29, 1.82) is 0 Å². The Balaban J connectivity index is 2.28. The van der Waals surface area contributed by atoms with Crippen LogP contribution in [0.5, 0.6) is 5.75 Å². The fraction of sp³-hybridized carbons (Fsp3) is 0.263. The lowest BCUT2D eigenvalue weighted by atomic mass is 9.73. The molecule has 124 valence electrons. The number of nitrogens with one attached hydrogen (secondary N) is 1. The summed E-state index contributed by atoms with van der Waals surface area (Å²) in [4.78, 5) is 23.7. The average Bonchev–Trinajstić information content (AvgIpc) is 3.00. The number of carboxylic acids is 1. The van der Waals surface area contributed by atoms with Crippen LogP contribution in [0.3, 0.4) is 0 Å². The third kappa shape index (κ3) is 2.33. The maximum Gasteiger partial charge on any atom is 0.335 e. The van der Waals surface area contributed by atoms with E-state index in [9.17, 15) is 14.7 Å². The number of carbonyl (C=O) groups is 2. The van der Waals surface area contributed by atoms with E-state index in [0.29, 0.717) is 12.4 Å². The molecule has 2 aromatic rings. The smallest absolute Gasteiger partial charge is 0.335 e. The number of benzene rings is 2. The van der Waals surface area contributed by atoms with Crippen LogP contribution in [-0.4, -0.2) is 30.6 Å².